The van der Waals surface area contributed by atoms with Gasteiger partial charge in [0, 0.05) is 25.7 Å². The Kier molecular flexibility index (Phi) is 5.89. The molecule has 8 nitrogen and oxygen atoms in total. The van der Waals surface area contributed by atoms with Gasteiger partial charge < -0.3 is 19.9 Å². The number of anilines is 1. The van der Waals surface area contributed by atoms with E-state index in [2.05, 4.69) is 5.32 Å². The number of hydrogen-bond acceptors (Lipinski definition) is 6. The zero-order valence-electron chi connectivity index (χ0n) is 13.4. The molecule has 1 heterocycles. The Morgan fingerprint density at radius 2 is 2.22 bits per heavy atom. The summed E-state index contributed by atoms with van der Waals surface area (Å²) in [6, 6.07) is 6.49. The van der Waals surface area contributed by atoms with E-state index in [4.69, 9.17) is 4.74 Å². The van der Waals surface area contributed by atoms with Crippen LogP contribution in [-0.4, -0.2) is 73.6 Å². The van der Waals surface area contributed by atoms with Gasteiger partial charge in [-0.15, -0.1) is 0 Å². The molecule has 0 unspecified atom stereocenters. The number of para-hydroxylation sites is 2. The van der Waals surface area contributed by atoms with Crippen molar-refractivity contribution in [3.63, 3.8) is 0 Å². The van der Waals surface area contributed by atoms with E-state index < -0.39 is 4.92 Å². The average Bonchev–Trinajstić information content (AvgIpc) is 2.52. The minimum Gasteiger partial charge on any atom is -0.377 e. The van der Waals surface area contributed by atoms with Crippen LogP contribution in [0.5, 0.6) is 0 Å². The topological polar surface area (TPSA) is 88.0 Å². The van der Waals surface area contributed by atoms with E-state index in [0.29, 0.717) is 38.5 Å². The number of carbonyl (C=O) groups excluding carboxylic acids is 1. The molecule has 1 fully saturated rings. The quantitative estimate of drug-likeness (QED) is 0.615. The van der Waals surface area contributed by atoms with Crippen LogP contribution in [0, 0.1) is 10.1 Å². The summed E-state index contributed by atoms with van der Waals surface area (Å²) in [5.41, 5.74) is 0.488. The van der Waals surface area contributed by atoms with Crippen molar-refractivity contribution >= 4 is 17.3 Å². The maximum absolute atomic E-state index is 12.1. The van der Waals surface area contributed by atoms with Crippen LogP contribution in [-0.2, 0) is 9.53 Å². The fraction of sp³-hybridized carbons (Fsp3) is 0.533. The predicted molar refractivity (Wildman–Crippen MR) is 86.5 cm³/mol. The first-order valence-corrected chi connectivity index (χ1v) is 7.48. The molecule has 1 amide bonds. The smallest absolute Gasteiger partial charge is 0.292 e. The van der Waals surface area contributed by atoms with Crippen LogP contribution in [0.4, 0.5) is 11.4 Å². The third-order valence-electron chi connectivity index (χ3n) is 3.56. The van der Waals surface area contributed by atoms with E-state index in [-0.39, 0.29) is 17.7 Å². The lowest BCUT2D eigenvalue weighted by molar-refractivity contribution is -0.384. The minimum atomic E-state index is -0.420. The van der Waals surface area contributed by atoms with Crippen LogP contribution < -0.4 is 5.32 Å². The number of amides is 1. The first kappa shape index (κ1) is 17.2. The lowest BCUT2D eigenvalue weighted by Gasteiger charge is -2.33. The van der Waals surface area contributed by atoms with E-state index >= 15 is 0 Å². The first-order valence-electron chi connectivity index (χ1n) is 7.48. The number of nitrogens with one attached hydrogen (secondary N) is 1. The number of likely N-dealkylation sites (N-methyl/N-ethyl adjacent to an activating group) is 1. The van der Waals surface area contributed by atoms with Crippen molar-refractivity contribution in [2.24, 2.45) is 0 Å². The third-order valence-corrected chi connectivity index (χ3v) is 3.56. The molecule has 0 saturated carbocycles. The molecule has 0 bridgehead atoms. The van der Waals surface area contributed by atoms with Gasteiger partial charge in [-0.1, -0.05) is 12.1 Å². The second-order valence-corrected chi connectivity index (χ2v) is 5.73. The molecule has 2 rings (SSSR count). The monoisotopic (exact) mass is 322 g/mol. The number of hydrogen-bond donors (Lipinski definition) is 1. The normalized spacial score (nSPS) is 18.0. The Bertz CT molecular complexity index is 564. The van der Waals surface area contributed by atoms with Crippen molar-refractivity contribution in [2.45, 2.75) is 6.10 Å². The van der Waals surface area contributed by atoms with E-state index in [1.165, 1.54) is 6.07 Å². The van der Waals surface area contributed by atoms with Gasteiger partial charge in [-0.25, -0.2) is 0 Å². The highest BCUT2D eigenvalue weighted by molar-refractivity contribution is 5.78. The molecule has 1 aromatic carbocycles. The van der Waals surface area contributed by atoms with Gasteiger partial charge in [-0.3, -0.25) is 14.9 Å². The summed E-state index contributed by atoms with van der Waals surface area (Å²) in [5.74, 6) is 0.0639. The number of benzene rings is 1. The summed E-state index contributed by atoms with van der Waals surface area (Å²) in [6.07, 6.45) is -0.185. The molecule has 1 atom stereocenters. The third kappa shape index (κ3) is 4.90. The maximum Gasteiger partial charge on any atom is 0.292 e. The Morgan fingerprint density at radius 1 is 1.48 bits per heavy atom. The zero-order valence-corrected chi connectivity index (χ0v) is 13.4. The lowest BCUT2D eigenvalue weighted by Crippen LogP contribution is -2.50. The molecular formula is C15H22N4O4. The molecule has 126 valence electrons. The molecule has 1 aromatic rings. The standard InChI is InChI=1S/C15H22N4O4/c1-17(2)11-15(20)18-7-8-23-12(10-18)9-16-13-5-3-4-6-14(13)19(21)22/h3-6,12,16H,7-11H2,1-2H3/t12-/m1/s1. The molecule has 0 aliphatic carbocycles. The molecule has 8 heteroatoms. The number of ether oxygens (including phenoxy) is 1. The Balaban J connectivity index is 1.91. The molecule has 0 radical (unpaired) electrons. The van der Waals surface area contributed by atoms with E-state index in [1.54, 1.807) is 23.1 Å². The van der Waals surface area contributed by atoms with Gasteiger partial charge in [0.1, 0.15) is 5.69 Å². The highest BCUT2D eigenvalue weighted by atomic mass is 16.6. The first-order chi connectivity index (χ1) is 11.0. The zero-order chi connectivity index (χ0) is 16.8. The van der Waals surface area contributed by atoms with Crippen molar-refractivity contribution in [2.75, 3.05) is 52.2 Å². The fourth-order valence-electron chi connectivity index (χ4n) is 2.45. The molecule has 1 aliphatic rings. The van der Waals surface area contributed by atoms with Crippen LogP contribution in [0.1, 0.15) is 0 Å². The number of carbonyl (C=O) groups is 1. The molecular weight excluding hydrogens is 300 g/mol. The largest absolute Gasteiger partial charge is 0.377 e. The second kappa shape index (κ2) is 7.89. The highest BCUT2D eigenvalue weighted by Gasteiger charge is 2.24. The Hall–Kier alpha value is -2.19. The molecule has 0 aromatic heterocycles. The number of rotatable bonds is 6. The van der Waals surface area contributed by atoms with Crippen molar-refractivity contribution in [3.05, 3.63) is 34.4 Å². The van der Waals surface area contributed by atoms with Crippen molar-refractivity contribution in [1.82, 2.24) is 9.80 Å². The average molecular weight is 322 g/mol. The van der Waals surface area contributed by atoms with Gasteiger partial charge in [0.15, 0.2) is 0 Å². The number of nitro groups is 1. The molecule has 0 spiro atoms. The molecule has 1 aliphatic heterocycles. The Labute approximate surface area is 135 Å². The van der Waals surface area contributed by atoms with Crippen molar-refractivity contribution in [1.29, 1.82) is 0 Å². The summed E-state index contributed by atoms with van der Waals surface area (Å²) in [7, 11) is 3.71. The summed E-state index contributed by atoms with van der Waals surface area (Å²) < 4.78 is 5.65. The van der Waals surface area contributed by atoms with Crippen LogP contribution in [0.25, 0.3) is 0 Å². The van der Waals surface area contributed by atoms with Crippen LogP contribution in [0.3, 0.4) is 0 Å². The van der Waals surface area contributed by atoms with Crippen LogP contribution in [0.2, 0.25) is 0 Å². The minimum absolute atomic E-state index is 0.0313. The van der Waals surface area contributed by atoms with Gasteiger partial charge in [0.2, 0.25) is 5.91 Å². The summed E-state index contributed by atoms with van der Waals surface area (Å²) >= 11 is 0. The van der Waals surface area contributed by atoms with Gasteiger partial charge in [-0.2, -0.15) is 0 Å². The summed E-state index contributed by atoms with van der Waals surface area (Å²) in [4.78, 5) is 26.3. The lowest BCUT2D eigenvalue weighted by atomic mass is 10.2. The van der Waals surface area contributed by atoms with Gasteiger partial charge in [0.05, 0.1) is 24.2 Å². The molecule has 1 N–H and O–H groups in total. The second-order valence-electron chi connectivity index (χ2n) is 5.73. The van der Waals surface area contributed by atoms with Crippen LogP contribution in [0.15, 0.2) is 24.3 Å². The highest BCUT2D eigenvalue weighted by Crippen LogP contribution is 2.23. The Morgan fingerprint density at radius 3 is 2.91 bits per heavy atom. The maximum atomic E-state index is 12.1. The van der Waals surface area contributed by atoms with Crippen molar-refractivity contribution in [3.8, 4) is 0 Å². The molecule has 1 saturated heterocycles. The van der Waals surface area contributed by atoms with Crippen LogP contribution >= 0.6 is 0 Å². The predicted octanol–water partition coefficient (Wildman–Crippen LogP) is 0.796. The van der Waals surface area contributed by atoms with E-state index in [1.807, 2.05) is 19.0 Å². The number of nitro benzene ring substituents is 1. The van der Waals surface area contributed by atoms with Crippen molar-refractivity contribution < 1.29 is 14.5 Å². The van der Waals surface area contributed by atoms with E-state index in [0.717, 1.165) is 0 Å². The fourth-order valence-corrected chi connectivity index (χ4v) is 2.45. The number of morpholine rings is 1. The SMILES string of the molecule is CN(C)CC(=O)N1CCO[C@H](CNc2ccccc2[N+](=O)[O-])C1. The van der Waals surface area contributed by atoms with E-state index in [9.17, 15) is 14.9 Å². The van der Waals surface area contributed by atoms with Gasteiger partial charge in [0.25, 0.3) is 5.69 Å². The van der Waals surface area contributed by atoms with Gasteiger partial charge >= 0.3 is 0 Å². The molecule has 23 heavy (non-hydrogen) atoms. The summed E-state index contributed by atoms with van der Waals surface area (Å²) in [6.45, 7) is 2.32. The summed E-state index contributed by atoms with van der Waals surface area (Å²) in [5, 5.41) is 14.0. The van der Waals surface area contributed by atoms with Gasteiger partial charge in [-0.05, 0) is 20.2 Å². The number of nitrogens with zero attached hydrogens (tertiary/aromatic N) is 3.